The Morgan fingerprint density at radius 1 is 1.46 bits per heavy atom. The number of hydrogen-bond donors (Lipinski definition) is 1. The van der Waals surface area contributed by atoms with Crippen LogP contribution in [0.3, 0.4) is 0 Å². The molecule has 2 heteroatoms. The van der Waals surface area contributed by atoms with Crippen molar-refractivity contribution in [1.82, 2.24) is 4.90 Å². The zero-order chi connectivity index (χ0) is 9.26. The minimum atomic E-state index is 0.580. The minimum Gasteiger partial charge on any atom is -0.350 e. The summed E-state index contributed by atoms with van der Waals surface area (Å²) in [5.74, 6) is 1.20. The summed E-state index contributed by atoms with van der Waals surface area (Å²) in [7, 11) is 0. The Balaban J connectivity index is 2.17. The standard InChI is InChI=1S/C11H16N2/c1-9-3-2-4-11-10(9)5-7-13(11)8-6-12/h2-5,7,9-10H,6,8,12H2,1H3. The molecule has 2 nitrogen and oxygen atoms in total. The molecule has 2 rings (SSSR count). The van der Waals surface area contributed by atoms with E-state index in [1.807, 2.05) is 0 Å². The smallest absolute Gasteiger partial charge is 0.0345 e. The van der Waals surface area contributed by atoms with Crippen LogP contribution in [0.2, 0.25) is 0 Å². The highest BCUT2D eigenvalue weighted by atomic mass is 15.1. The van der Waals surface area contributed by atoms with Crippen molar-refractivity contribution >= 4 is 0 Å². The van der Waals surface area contributed by atoms with Gasteiger partial charge in [0.25, 0.3) is 0 Å². The Bertz CT molecular complexity index is 276. The van der Waals surface area contributed by atoms with Gasteiger partial charge in [-0.2, -0.15) is 0 Å². The summed E-state index contributed by atoms with van der Waals surface area (Å²) in [5, 5.41) is 0. The first-order chi connectivity index (χ1) is 6.33. The van der Waals surface area contributed by atoms with Gasteiger partial charge < -0.3 is 10.6 Å². The van der Waals surface area contributed by atoms with E-state index in [9.17, 15) is 0 Å². The fraction of sp³-hybridized carbons (Fsp3) is 0.455. The second kappa shape index (κ2) is 3.38. The van der Waals surface area contributed by atoms with Gasteiger partial charge in [0.1, 0.15) is 0 Å². The summed E-state index contributed by atoms with van der Waals surface area (Å²) >= 11 is 0. The first-order valence-corrected chi connectivity index (χ1v) is 4.86. The zero-order valence-corrected chi connectivity index (χ0v) is 7.98. The lowest BCUT2D eigenvalue weighted by atomic mass is 9.88. The third kappa shape index (κ3) is 1.42. The van der Waals surface area contributed by atoms with E-state index in [1.165, 1.54) is 5.70 Å². The third-order valence-electron chi connectivity index (χ3n) is 2.76. The molecule has 0 aromatic carbocycles. The predicted molar refractivity (Wildman–Crippen MR) is 54.8 cm³/mol. The molecule has 1 aliphatic heterocycles. The van der Waals surface area contributed by atoms with Crippen LogP contribution in [0.5, 0.6) is 0 Å². The number of nitrogens with two attached hydrogens (primary N) is 1. The van der Waals surface area contributed by atoms with Crippen LogP contribution < -0.4 is 5.73 Å². The Morgan fingerprint density at radius 2 is 2.31 bits per heavy atom. The SMILES string of the molecule is CC1C=CC=C2C1C=CN2CCN. The van der Waals surface area contributed by atoms with E-state index in [0.29, 0.717) is 18.4 Å². The van der Waals surface area contributed by atoms with Crippen molar-refractivity contribution in [2.75, 3.05) is 13.1 Å². The summed E-state index contributed by atoms with van der Waals surface area (Å²) in [4.78, 5) is 2.25. The molecule has 2 atom stereocenters. The Labute approximate surface area is 79.4 Å². The van der Waals surface area contributed by atoms with Gasteiger partial charge in [-0.05, 0) is 12.0 Å². The maximum absolute atomic E-state index is 5.54. The molecule has 70 valence electrons. The number of allylic oxidation sites excluding steroid dienone is 4. The van der Waals surface area contributed by atoms with E-state index < -0.39 is 0 Å². The average Bonchev–Trinajstić information content (AvgIpc) is 2.51. The van der Waals surface area contributed by atoms with Crippen molar-refractivity contribution < 1.29 is 0 Å². The second-order valence-electron chi connectivity index (χ2n) is 3.68. The monoisotopic (exact) mass is 176 g/mol. The summed E-state index contributed by atoms with van der Waals surface area (Å²) in [6.45, 7) is 3.90. The molecule has 0 spiro atoms. The lowest BCUT2D eigenvalue weighted by molar-refractivity contribution is 0.427. The highest BCUT2D eigenvalue weighted by Gasteiger charge is 2.26. The molecule has 2 N–H and O–H groups in total. The molecule has 13 heavy (non-hydrogen) atoms. The molecule has 0 aromatic rings. The number of hydrogen-bond acceptors (Lipinski definition) is 2. The van der Waals surface area contributed by atoms with Crippen molar-refractivity contribution in [2.24, 2.45) is 17.6 Å². The van der Waals surface area contributed by atoms with Crippen molar-refractivity contribution in [1.29, 1.82) is 0 Å². The molecule has 0 saturated heterocycles. The van der Waals surface area contributed by atoms with Crippen LogP contribution in [-0.2, 0) is 0 Å². The zero-order valence-electron chi connectivity index (χ0n) is 7.98. The largest absolute Gasteiger partial charge is 0.350 e. The molecular formula is C11H16N2. The first-order valence-electron chi connectivity index (χ1n) is 4.86. The van der Waals surface area contributed by atoms with E-state index in [-0.39, 0.29) is 0 Å². The Morgan fingerprint density at radius 3 is 3.08 bits per heavy atom. The molecule has 0 saturated carbocycles. The first kappa shape index (κ1) is 8.57. The summed E-state index contributed by atoms with van der Waals surface area (Å²) < 4.78 is 0. The van der Waals surface area contributed by atoms with E-state index >= 15 is 0 Å². The molecule has 0 fully saturated rings. The lowest BCUT2D eigenvalue weighted by Crippen LogP contribution is -2.25. The van der Waals surface area contributed by atoms with Gasteiger partial charge in [0.05, 0.1) is 0 Å². The molecule has 0 aromatic heterocycles. The maximum Gasteiger partial charge on any atom is 0.0345 e. The average molecular weight is 176 g/mol. The molecular weight excluding hydrogens is 160 g/mol. The van der Waals surface area contributed by atoms with Gasteiger partial charge in [-0.15, -0.1) is 0 Å². The van der Waals surface area contributed by atoms with Gasteiger partial charge in [0.2, 0.25) is 0 Å². The predicted octanol–water partition coefficient (Wildman–Crippen LogP) is 1.48. The summed E-state index contributed by atoms with van der Waals surface area (Å²) in [5.41, 5.74) is 6.95. The molecule has 0 amide bonds. The maximum atomic E-state index is 5.54. The van der Waals surface area contributed by atoms with Crippen LogP contribution in [0, 0.1) is 11.8 Å². The molecule has 1 aliphatic carbocycles. The molecule has 0 radical (unpaired) electrons. The second-order valence-corrected chi connectivity index (χ2v) is 3.68. The lowest BCUT2D eigenvalue weighted by Gasteiger charge is -2.26. The number of fused-ring (bicyclic) bond motifs is 1. The third-order valence-corrected chi connectivity index (χ3v) is 2.76. The summed E-state index contributed by atoms with van der Waals surface area (Å²) in [6, 6.07) is 0. The van der Waals surface area contributed by atoms with Crippen LogP contribution >= 0.6 is 0 Å². The van der Waals surface area contributed by atoms with Crippen molar-refractivity contribution in [3.8, 4) is 0 Å². The normalized spacial score (nSPS) is 30.6. The van der Waals surface area contributed by atoms with Crippen LogP contribution in [0.15, 0.2) is 36.2 Å². The van der Waals surface area contributed by atoms with Gasteiger partial charge in [-0.1, -0.05) is 25.2 Å². The number of rotatable bonds is 2. The highest BCUT2D eigenvalue weighted by Crippen LogP contribution is 2.34. The highest BCUT2D eigenvalue weighted by molar-refractivity contribution is 5.31. The fourth-order valence-electron chi connectivity index (χ4n) is 2.02. The van der Waals surface area contributed by atoms with E-state index in [1.54, 1.807) is 0 Å². The van der Waals surface area contributed by atoms with Crippen LogP contribution in [0.4, 0.5) is 0 Å². The Hall–Kier alpha value is -1.02. The van der Waals surface area contributed by atoms with E-state index in [2.05, 4.69) is 42.3 Å². The Kier molecular flexibility index (Phi) is 2.23. The van der Waals surface area contributed by atoms with Gasteiger partial charge in [-0.3, -0.25) is 0 Å². The van der Waals surface area contributed by atoms with Gasteiger partial charge >= 0.3 is 0 Å². The van der Waals surface area contributed by atoms with Crippen LogP contribution in [-0.4, -0.2) is 18.0 Å². The quantitative estimate of drug-likeness (QED) is 0.690. The molecule has 0 bridgehead atoms. The minimum absolute atomic E-state index is 0.580. The van der Waals surface area contributed by atoms with Crippen LogP contribution in [0.25, 0.3) is 0 Å². The van der Waals surface area contributed by atoms with Crippen molar-refractivity contribution in [3.63, 3.8) is 0 Å². The van der Waals surface area contributed by atoms with Crippen molar-refractivity contribution in [3.05, 3.63) is 36.2 Å². The van der Waals surface area contributed by atoms with Gasteiger partial charge in [-0.25, -0.2) is 0 Å². The number of nitrogens with zero attached hydrogens (tertiary/aromatic N) is 1. The molecule has 2 aliphatic rings. The van der Waals surface area contributed by atoms with Gasteiger partial charge in [0, 0.05) is 30.9 Å². The van der Waals surface area contributed by atoms with Crippen LogP contribution in [0.1, 0.15) is 6.92 Å². The topological polar surface area (TPSA) is 29.3 Å². The van der Waals surface area contributed by atoms with E-state index in [0.717, 1.165) is 6.54 Å². The van der Waals surface area contributed by atoms with Gasteiger partial charge in [0.15, 0.2) is 0 Å². The molecule has 1 heterocycles. The summed E-state index contributed by atoms with van der Waals surface area (Å²) in [6.07, 6.45) is 11.0. The van der Waals surface area contributed by atoms with E-state index in [4.69, 9.17) is 5.73 Å². The molecule has 2 unspecified atom stereocenters. The van der Waals surface area contributed by atoms with Crippen molar-refractivity contribution in [2.45, 2.75) is 6.92 Å². The fourth-order valence-corrected chi connectivity index (χ4v) is 2.02.